The standard InChI is InChI=1S/C35H67BN2O4/c1-27(2)15-10-16-28(3)17-11-18-29(4)19-12-20-30(5)23-24-33(42-34(39)22-13-25-38(8)9)37-35(40)41-26-14-21-31(6)32(7)36/h14,21,27-33H,10-13,15-20,22-26H2,1-9H3,(H,37,40)/b21-14+. The normalized spacial score (nSPS) is 16.3. The number of nitrogens with zero attached hydrogens (tertiary/aromatic N) is 1. The van der Waals surface area contributed by atoms with E-state index in [-0.39, 0.29) is 24.3 Å². The first kappa shape index (κ1) is 40.5. The minimum atomic E-state index is -0.680. The quantitative estimate of drug-likeness (QED) is 0.0498. The molecule has 6 nitrogen and oxygen atoms in total. The molecule has 0 saturated carbocycles. The number of nitrogens with one attached hydrogen (secondary N) is 1. The topological polar surface area (TPSA) is 67.9 Å². The Morgan fingerprint density at radius 3 is 1.79 bits per heavy atom. The van der Waals surface area contributed by atoms with Crippen molar-refractivity contribution in [3.63, 3.8) is 0 Å². The molecule has 0 rings (SSSR count). The van der Waals surface area contributed by atoms with E-state index in [0.717, 1.165) is 43.6 Å². The molecule has 0 spiro atoms. The number of ether oxygens (including phenoxy) is 2. The van der Waals surface area contributed by atoms with Crippen LogP contribution in [0, 0.1) is 29.6 Å². The third-order valence-electron chi connectivity index (χ3n) is 8.31. The van der Waals surface area contributed by atoms with Crippen LogP contribution in [0.1, 0.15) is 132 Å². The highest BCUT2D eigenvalue weighted by Gasteiger charge is 2.19. The van der Waals surface area contributed by atoms with E-state index in [9.17, 15) is 9.59 Å². The van der Waals surface area contributed by atoms with Gasteiger partial charge < -0.3 is 14.4 Å². The van der Waals surface area contributed by atoms with Gasteiger partial charge in [-0.3, -0.25) is 10.1 Å². The van der Waals surface area contributed by atoms with E-state index in [4.69, 9.17) is 17.3 Å². The van der Waals surface area contributed by atoms with E-state index in [1.807, 2.05) is 38.9 Å². The van der Waals surface area contributed by atoms with E-state index in [2.05, 4.69) is 39.9 Å². The summed E-state index contributed by atoms with van der Waals surface area (Å²) in [5.41, 5.74) is 0. The number of amides is 1. The van der Waals surface area contributed by atoms with Gasteiger partial charge in [0.2, 0.25) is 0 Å². The predicted octanol–water partition coefficient (Wildman–Crippen LogP) is 8.95. The van der Waals surface area contributed by atoms with E-state index >= 15 is 0 Å². The van der Waals surface area contributed by atoms with Crippen LogP contribution in [0.5, 0.6) is 0 Å². The molecule has 0 bridgehead atoms. The van der Waals surface area contributed by atoms with Crippen LogP contribution >= 0.6 is 0 Å². The Bertz CT molecular complexity index is 713. The molecule has 2 radical (unpaired) electrons. The van der Waals surface area contributed by atoms with E-state index in [1.165, 1.54) is 51.4 Å². The van der Waals surface area contributed by atoms with Crippen molar-refractivity contribution < 1.29 is 19.1 Å². The third-order valence-corrected chi connectivity index (χ3v) is 8.31. The molecule has 1 amide bonds. The van der Waals surface area contributed by atoms with Gasteiger partial charge in [-0.2, -0.15) is 0 Å². The number of carbonyl (C=O) groups excluding carboxylic acids is 2. The first-order valence-electron chi connectivity index (χ1n) is 17.0. The van der Waals surface area contributed by atoms with Crippen molar-refractivity contribution in [2.45, 2.75) is 144 Å². The summed E-state index contributed by atoms with van der Waals surface area (Å²) < 4.78 is 11.0. The summed E-state index contributed by atoms with van der Waals surface area (Å²) in [6, 6.07) is 0. The molecule has 0 saturated heterocycles. The highest BCUT2D eigenvalue weighted by molar-refractivity contribution is 6.11. The summed E-state index contributed by atoms with van der Waals surface area (Å²) in [4.78, 5) is 26.9. The van der Waals surface area contributed by atoms with Crippen molar-refractivity contribution in [3.05, 3.63) is 12.2 Å². The summed E-state index contributed by atoms with van der Waals surface area (Å²) in [5, 5.41) is 2.76. The number of alkyl carbamates (subject to hydrolysis) is 1. The molecule has 0 aliphatic rings. The number of allylic oxidation sites excluding steroid dienone is 1. The number of hydrogen-bond acceptors (Lipinski definition) is 5. The Balaban J connectivity index is 4.51. The lowest BCUT2D eigenvalue weighted by Gasteiger charge is -2.21. The first-order valence-corrected chi connectivity index (χ1v) is 17.0. The Kier molecular flexibility index (Phi) is 24.0. The van der Waals surface area contributed by atoms with Gasteiger partial charge in [-0.05, 0) is 63.1 Å². The Morgan fingerprint density at radius 2 is 1.29 bits per heavy atom. The molecule has 0 aliphatic heterocycles. The molecular formula is C35H67BN2O4. The fourth-order valence-corrected chi connectivity index (χ4v) is 5.03. The van der Waals surface area contributed by atoms with Crippen LogP contribution < -0.4 is 5.32 Å². The molecule has 0 aromatic rings. The maximum Gasteiger partial charge on any atom is 0.410 e. The SMILES string of the molecule is [B]C(C)C(C)/C=C/COC(=O)NC(CCC(C)CCCC(C)CCCC(C)CCCC(C)C)OC(=O)CCCN(C)C. The van der Waals surface area contributed by atoms with E-state index < -0.39 is 12.3 Å². The molecule has 0 heterocycles. The van der Waals surface area contributed by atoms with Gasteiger partial charge in [-0.1, -0.05) is 124 Å². The summed E-state index contributed by atoms with van der Waals surface area (Å²) in [6.07, 6.45) is 16.7. The number of esters is 1. The second-order valence-electron chi connectivity index (χ2n) is 13.9. The van der Waals surface area contributed by atoms with Crippen LogP contribution in [0.3, 0.4) is 0 Å². The van der Waals surface area contributed by atoms with E-state index in [1.54, 1.807) is 6.08 Å². The minimum absolute atomic E-state index is 0.0367. The molecule has 6 unspecified atom stereocenters. The van der Waals surface area contributed by atoms with Crippen molar-refractivity contribution in [1.82, 2.24) is 10.2 Å². The van der Waals surface area contributed by atoms with E-state index in [0.29, 0.717) is 18.8 Å². The fraction of sp³-hybridized carbons (Fsp3) is 0.886. The molecule has 1 N–H and O–H groups in total. The Morgan fingerprint density at radius 1 is 0.762 bits per heavy atom. The van der Waals surface area contributed by atoms with Crippen molar-refractivity contribution in [3.8, 4) is 0 Å². The van der Waals surface area contributed by atoms with Gasteiger partial charge in [0, 0.05) is 12.8 Å². The smallest absolute Gasteiger partial charge is 0.410 e. The van der Waals surface area contributed by atoms with Crippen LogP contribution in [0.2, 0.25) is 5.82 Å². The Hall–Kier alpha value is -1.50. The summed E-state index contributed by atoms with van der Waals surface area (Å²) >= 11 is 0. The average Bonchev–Trinajstić information content (AvgIpc) is 2.89. The number of carbonyl (C=O) groups is 2. The Labute approximate surface area is 261 Å². The second-order valence-corrected chi connectivity index (χ2v) is 13.9. The predicted molar refractivity (Wildman–Crippen MR) is 179 cm³/mol. The van der Waals surface area contributed by atoms with Crippen LogP contribution in [-0.2, 0) is 14.3 Å². The highest BCUT2D eigenvalue weighted by atomic mass is 16.6. The largest absolute Gasteiger partial charge is 0.445 e. The molecule has 244 valence electrons. The second kappa shape index (κ2) is 24.9. The lowest BCUT2D eigenvalue weighted by atomic mass is 9.79. The van der Waals surface area contributed by atoms with Gasteiger partial charge in [0.25, 0.3) is 0 Å². The van der Waals surface area contributed by atoms with Crippen LogP contribution in [0.25, 0.3) is 0 Å². The van der Waals surface area contributed by atoms with Gasteiger partial charge in [0.05, 0.1) is 7.85 Å². The van der Waals surface area contributed by atoms with Gasteiger partial charge in [-0.15, -0.1) is 0 Å². The summed E-state index contributed by atoms with van der Waals surface area (Å²) in [7, 11) is 9.83. The number of hydrogen-bond donors (Lipinski definition) is 1. The highest BCUT2D eigenvalue weighted by Crippen LogP contribution is 2.23. The maximum atomic E-state index is 12.5. The summed E-state index contributed by atoms with van der Waals surface area (Å²) in [5.74, 6) is 2.87. The van der Waals surface area contributed by atoms with Crippen molar-refractivity contribution >= 4 is 19.9 Å². The lowest BCUT2D eigenvalue weighted by molar-refractivity contribution is -0.150. The first-order chi connectivity index (χ1) is 19.8. The molecule has 7 heteroatoms. The molecule has 0 aliphatic carbocycles. The average molecular weight is 591 g/mol. The third kappa shape index (κ3) is 25.0. The van der Waals surface area contributed by atoms with Crippen LogP contribution in [0.4, 0.5) is 4.79 Å². The van der Waals surface area contributed by atoms with Crippen molar-refractivity contribution in [2.75, 3.05) is 27.2 Å². The van der Waals surface area contributed by atoms with Gasteiger partial charge >= 0.3 is 12.1 Å². The van der Waals surface area contributed by atoms with Crippen molar-refractivity contribution in [2.24, 2.45) is 29.6 Å². The summed E-state index contributed by atoms with van der Waals surface area (Å²) in [6.45, 7) is 16.6. The van der Waals surface area contributed by atoms with Gasteiger partial charge in [0.15, 0.2) is 6.23 Å². The van der Waals surface area contributed by atoms with Crippen LogP contribution in [-0.4, -0.2) is 58.3 Å². The van der Waals surface area contributed by atoms with Crippen LogP contribution in [0.15, 0.2) is 12.2 Å². The molecule has 0 aromatic heterocycles. The zero-order valence-corrected chi connectivity index (χ0v) is 29.0. The number of rotatable bonds is 25. The molecule has 6 atom stereocenters. The zero-order valence-electron chi connectivity index (χ0n) is 29.0. The molecule has 0 aromatic carbocycles. The van der Waals surface area contributed by atoms with Crippen molar-refractivity contribution in [1.29, 1.82) is 0 Å². The molecule has 42 heavy (non-hydrogen) atoms. The van der Waals surface area contributed by atoms with Gasteiger partial charge in [-0.25, -0.2) is 4.79 Å². The van der Waals surface area contributed by atoms with Gasteiger partial charge in [0.1, 0.15) is 6.61 Å². The zero-order chi connectivity index (χ0) is 31.9. The monoisotopic (exact) mass is 591 g/mol. The molecule has 0 fully saturated rings. The lowest BCUT2D eigenvalue weighted by Crippen LogP contribution is -2.39. The molecular weight excluding hydrogens is 523 g/mol. The fourth-order valence-electron chi connectivity index (χ4n) is 5.03. The maximum absolute atomic E-state index is 12.5. The minimum Gasteiger partial charge on any atom is -0.445 e.